The Morgan fingerprint density at radius 1 is 1.11 bits per heavy atom. The highest BCUT2D eigenvalue weighted by atomic mass is 16.5. The smallest absolute Gasteiger partial charge is 0.240 e. The van der Waals surface area contributed by atoms with Crippen LogP contribution in [0.25, 0.3) is 0 Å². The van der Waals surface area contributed by atoms with Gasteiger partial charge in [-0.2, -0.15) is 5.10 Å². The van der Waals surface area contributed by atoms with E-state index in [0.29, 0.717) is 23.7 Å². The van der Waals surface area contributed by atoms with E-state index < -0.39 is 0 Å². The number of amides is 1. The molecule has 1 amide bonds. The van der Waals surface area contributed by atoms with E-state index in [1.807, 2.05) is 18.2 Å². The van der Waals surface area contributed by atoms with Crippen molar-refractivity contribution in [2.45, 2.75) is 19.4 Å². The Morgan fingerprint density at radius 2 is 1.78 bits per heavy atom. The summed E-state index contributed by atoms with van der Waals surface area (Å²) in [6.45, 7) is 1.47. The van der Waals surface area contributed by atoms with E-state index in [2.05, 4.69) is 5.10 Å². The number of rotatable bonds is 5. The summed E-state index contributed by atoms with van der Waals surface area (Å²) < 4.78 is 16.2. The largest absolute Gasteiger partial charge is 0.508 e. The highest BCUT2D eigenvalue weighted by molar-refractivity contribution is 6.03. The van der Waals surface area contributed by atoms with Gasteiger partial charge in [-0.05, 0) is 29.8 Å². The SMILES string of the molecule is COc1cc([C@@H]2CC(c3cccc(O)c3)=NN2C(C)=O)cc(OC)c1OC. The number of hydrogen-bond donors (Lipinski definition) is 1. The number of carbonyl (C=O) groups is 1. The summed E-state index contributed by atoms with van der Waals surface area (Å²) >= 11 is 0. The van der Waals surface area contributed by atoms with Crippen molar-refractivity contribution in [3.63, 3.8) is 0 Å². The third-order valence-electron chi connectivity index (χ3n) is 4.48. The van der Waals surface area contributed by atoms with Crippen LogP contribution in [0.3, 0.4) is 0 Å². The minimum absolute atomic E-state index is 0.154. The topological polar surface area (TPSA) is 80.6 Å². The molecule has 2 aromatic rings. The predicted octanol–water partition coefficient (Wildman–Crippen LogP) is 3.12. The maximum atomic E-state index is 12.2. The van der Waals surface area contributed by atoms with E-state index in [4.69, 9.17) is 14.2 Å². The second-order valence-corrected chi connectivity index (χ2v) is 6.14. The lowest BCUT2D eigenvalue weighted by molar-refractivity contribution is -0.130. The predicted molar refractivity (Wildman–Crippen MR) is 101 cm³/mol. The van der Waals surface area contributed by atoms with Gasteiger partial charge in [0.2, 0.25) is 11.7 Å². The molecule has 7 heteroatoms. The van der Waals surface area contributed by atoms with Crippen molar-refractivity contribution < 1.29 is 24.1 Å². The van der Waals surface area contributed by atoms with Crippen molar-refractivity contribution in [2.24, 2.45) is 5.10 Å². The Morgan fingerprint density at radius 3 is 2.30 bits per heavy atom. The normalized spacial score (nSPS) is 16.1. The van der Waals surface area contributed by atoms with Gasteiger partial charge in [-0.25, -0.2) is 5.01 Å². The summed E-state index contributed by atoms with van der Waals surface area (Å²) in [4.78, 5) is 12.2. The van der Waals surface area contributed by atoms with Gasteiger partial charge in [0.15, 0.2) is 11.5 Å². The first-order valence-corrected chi connectivity index (χ1v) is 8.45. The number of ether oxygens (including phenoxy) is 3. The number of phenolic OH excluding ortho intramolecular Hbond substituents is 1. The van der Waals surface area contributed by atoms with Crippen LogP contribution in [0.1, 0.15) is 30.5 Å². The standard InChI is InChI=1S/C20H22N2O5/c1-12(23)22-17(11-16(21-22)13-6-5-7-15(24)8-13)14-9-18(25-2)20(27-4)19(10-14)26-3/h5-10,17,24H,11H2,1-4H3/t17-/m0/s1. The molecule has 0 fully saturated rings. The van der Waals surface area contributed by atoms with Crippen LogP contribution in [0.15, 0.2) is 41.5 Å². The first-order chi connectivity index (χ1) is 13.0. The zero-order valence-corrected chi connectivity index (χ0v) is 15.7. The molecule has 1 N–H and O–H groups in total. The van der Waals surface area contributed by atoms with Crippen LogP contribution in [0.5, 0.6) is 23.0 Å². The number of benzene rings is 2. The molecule has 0 aromatic heterocycles. The Hall–Kier alpha value is -3.22. The monoisotopic (exact) mass is 370 g/mol. The van der Waals surface area contributed by atoms with Crippen LogP contribution in [-0.2, 0) is 4.79 Å². The number of hydrazone groups is 1. The van der Waals surface area contributed by atoms with Crippen molar-refractivity contribution in [3.8, 4) is 23.0 Å². The summed E-state index contributed by atoms with van der Waals surface area (Å²) in [5, 5.41) is 15.7. The van der Waals surface area contributed by atoms with Gasteiger partial charge in [0.05, 0.1) is 33.1 Å². The van der Waals surface area contributed by atoms with Gasteiger partial charge in [0, 0.05) is 18.9 Å². The first-order valence-electron chi connectivity index (χ1n) is 8.45. The number of carbonyl (C=O) groups excluding carboxylic acids is 1. The molecule has 2 aromatic carbocycles. The maximum absolute atomic E-state index is 12.2. The van der Waals surface area contributed by atoms with Crippen LogP contribution in [0, 0.1) is 0 Å². The molecule has 0 spiro atoms. The molecule has 0 unspecified atom stereocenters. The fourth-order valence-electron chi connectivity index (χ4n) is 3.21. The zero-order chi connectivity index (χ0) is 19.6. The van der Waals surface area contributed by atoms with Crippen LogP contribution in [-0.4, -0.2) is 43.1 Å². The number of nitrogens with zero attached hydrogens (tertiary/aromatic N) is 2. The molecule has 27 heavy (non-hydrogen) atoms. The summed E-state index contributed by atoms with van der Waals surface area (Å²) in [5.41, 5.74) is 2.31. The minimum atomic E-state index is -0.312. The van der Waals surface area contributed by atoms with Gasteiger partial charge in [-0.15, -0.1) is 0 Å². The minimum Gasteiger partial charge on any atom is -0.508 e. The molecule has 1 atom stereocenters. The molecule has 0 saturated heterocycles. The van der Waals surface area contributed by atoms with E-state index in [1.54, 1.807) is 39.5 Å². The Balaban J connectivity index is 2.03. The van der Waals surface area contributed by atoms with Crippen LogP contribution in [0.2, 0.25) is 0 Å². The van der Waals surface area contributed by atoms with Crippen molar-refractivity contribution in [1.82, 2.24) is 5.01 Å². The molecule has 1 heterocycles. The van der Waals surface area contributed by atoms with Crippen LogP contribution in [0.4, 0.5) is 0 Å². The van der Waals surface area contributed by atoms with E-state index >= 15 is 0 Å². The van der Waals surface area contributed by atoms with Gasteiger partial charge < -0.3 is 19.3 Å². The lowest BCUT2D eigenvalue weighted by Crippen LogP contribution is -2.24. The Bertz CT molecular complexity index is 869. The van der Waals surface area contributed by atoms with Crippen LogP contribution < -0.4 is 14.2 Å². The highest BCUT2D eigenvalue weighted by Gasteiger charge is 2.33. The Kier molecular flexibility index (Phi) is 5.21. The molecule has 1 aliphatic heterocycles. The van der Waals surface area contributed by atoms with Crippen molar-refractivity contribution >= 4 is 11.6 Å². The third kappa shape index (κ3) is 3.53. The van der Waals surface area contributed by atoms with E-state index in [-0.39, 0.29) is 17.7 Å². The van der Waals surface area contributed by atoms with Crippen molar-refractivity contribution in [1.29, 1.82) is 0 Å². The van der Waals surface area contributed by atoms with Gasteiger partial charge in [-0.3, -0.25) is 4.79 Å². The van der Waals surface area contributed by atoms with E-state index in [9.17, 15) is 9.90 Å². The summed E-state index contributed by atoms with van der Waals surface area (Å²) in [6, 6.07) is 10.2. The highest BCUT2D eigenvalue weighted by Crippen LogP contribution is 2.43. The molecule has 0 radical (unpaired) electrons. The van der Waals surface area contributed by atoms with E-state index in [0.717, 1.165) is 16.8 Å². The van der Waals surface area contributed by atoms with E-state index in [1.165, 1.54) is 11.9 Å². The lowest BCUT2D eigenvalue weighted by Gasteiger charge is -2.22. The molecule has 142 valence electrons. The zero-order valence-electron chi connectivity index (χ0n) is 15.7. The molecule has 0 saturated carbocycles. The van der Waals surface area contributed by atoms with Crippen LogP contribution >= 0.6 is 0 Å². The van der Waals surface area contributed by atoms with Crippen molar-refractivity contribution in [3.05, 3.63) is 47.5 Å². The van der Waals surface area contributed by atoms with Gasteiger partial charge in [-0.1, -0.05) is 12.1 Å². The number of hydrogen-bond acceptors (Lipinski definition) is 6. The molecule has 0 aliphatic carbocycles. The maximum Gasteiger partial charge on any atom is 0.240 e. The molecule has 3 rings (SSSR count). The summed E-state index contributed by atoms with van der Waals surface area (Å²) in [6.07, 6.45) is 0.502. The fraction of sp³-hybridized carbons (Fsp3) is 0.300. The second kappa shape index (κ2) is 7.57. The number of aromatic hydroxyl groups is 1. The summed E-state index contributed by atoms with van der Waals surface area (Å²) in [5.74, 6) is 1.50. The van der Waals surface area contributed by atoms with Gasteiger partial charge in [0.25, 0.3) is 0 Å². The first kappa shape index (κ1) is 18.6. The van der Waals surface area contributed by atoms with Gasteiger partial charge in [0.1, 0.15) is 5.75 Å². The molecule has 1 aliphatic rings. The Labute approximate surface area is 157 Å². The molecule has 7 nitrogen and oxygen atoms in total. The fourth-order valence-corrected chi connectivity index (χ4v) is 3.21. The average molecular weight is 370 g/mol. The second-order valence-electron chi connectivity index (χ2n) is 6.14. The molecule has 0 bridgehead atoms. The number of methoxy groups -OCH3 is 3. The third-order valence-corrected chi connectivity index (χ3v) is 4.48. The van der Waals surface area contributed by atoms with Gasteiger partial charge >= 0.3 is 0 Å². The summed E-state index contributed by atoms with van der Waals surface area (Å²) in [7, 11) is 4.64. The lowest BCUT2D eigenvalue weighted by atomic mass is 9.97. The molecular formula is C20H22N2O5. The average Bonchev–Trinajstić information content (AvgIpc) is 3.12. The van der Waals surface area contributed by atoms with Crippen molar-refractivity contribution in [2.75, 3.05) is 21.3 Å². The molecular weight excluding hydrogens is 348 g/mol. The number of phenols is 1. The quantitative estimate of drug-likeness (QED) is 0.875.